The van der Waals surface area contributed by atoms with E-state index in [0.29, 0.717) is 5.52 Å². The molecular weight excluding hydrogens is 396 g/mol. The number of amides is 2. The van der Waals surface area contributed by atoms with Crippen molar-refractivity contribution < 1.29 is 19.1 Å². The van der Waals surface area contributed by atoms with Gasteiger partial charge in [0.05, 0.1) is 21.6 Å². The molecule has 8 heteroatoms. The second kappa shape index (κ2) is 7.89. The second-order valence-corrected chi connectivity index (χ2v) is 6.70. The van der Waals surface area contributed by atoms with Gasteiger partial charge < -0.3 is 9.30 Å². The van der Waals surface area contributed by atoms with E-state index >= 15 is 0 Å². The quantitative estimate of drug-likeness (QED) is 0.616. The van der Waals surface area contributed by atoms with Crippen molar-refractivity contribution in [3.8, 4) is 5.75 Å². The number of hydrogen-bond acceptors (Lipinski definition) is 5. The van der Waals surface area contributed by atoms with Crippen LogP contribution < -0.4 is 15.2 Å². The zero-order valence-electron chi connectivity index (χ0n) is 15.9. The first-order chi connectivity index (χ1) is 13.7. The van der Waals surface area contributed by atoms with E-state index in [1.165, 1.54) is 18.5 Å². The zero-order valence-corrected chi connectivity index (χ0v) is 16.7. The van der Waals surface area contributed by atoms with E-state index in [9.17, 15) is 19.2 Å². The monoisotopic (exact) mass is 412 g/mol. The summed E-state index contributed by atoms with van der Waals surface area (Å²) < 4.78 is 6.49. The van der Waals surface area contributed by atoms with Gasteiger partial charge in [-0.1, -0.05) is 35.9 Å². The molecule has 2 aromatic carbocycles. The van der Waals surface area contributed by atoms with Gasteiger partial charge in [-0.2, -0.15) is 0 Å². The summed E-state index contributed by atoms with van der Waals surface area (Å²) in [6.45, 7) is 2.35. The zero-order chi connectivity index (χ0) is 21.3. The molecule has 0 radical (unpaired) electrons. The van der Waals surface area contributed by atoms with E-state index in [1.54, 1.807) is 48.5 Å². The topological polar surface area (TPSA) is 85.7 Å². The number of imide groups is 1. The molecule has 0 spiro atoms. The number of fused-ring (bicyclic) bond motifs is 1. The standard InChI is InChI=1S/C21H17ClN2O5/c1-12(25)24(14-8-5-4-6-9-14)21(28)18-19(29-13(2)26)17-15(22)10-7-11-16(17)23(3)20(18)27/h4-11H,1-3H3. The first kappa shape index (κ1) is 20.3. The molecule has 3 rings (SSSR count). The number of nitrogens with zero attached hydrogens (tertiary/aromatic N) is 2. The van der Waals surface area contributed by atoms with Crippen LogP contribution in [-0.2, 0) is 16.6 Å². The molecule has 0 fully saturated rings. The Morgan fingerprint density at radius 2 is 1.66 bits per heavy atom. The number of anilines is 1. The number of aromatic nitrogens is 1. The van der Waals surface area contributed by atoms with Crippen molar-refractivity contribution in [3.05, 3.63) is 69.5 Å². The van der Waals surface area contributed by atoms with E-state index in [0.717, 1.165) is 11.8 Å². The number of aryl methyl sites for hydroxylation is 1. The maximum absolute atomic E-state index is 13.4. The molecule has 29 heavy (non-hydrogen) atoms. The van der Waals surface area contributed by atoms with Gasteiger partial charge in [-0.05, 0) is 24.3 Å². The van der Waals surface area contributed by atoms with Crippen LogP contribution in [0.4, 0.5) is 5.69 Å². The molecular formula is C21H17ClN2O5. The average molecular weight is 413 g/mol. The Morgan fingerprint density at radius 1 is 1.00 bits per heavy atom. The van der Waals surface area contributed by atoms with Crippen LogP contribution in [-0.4, -0.2) is 22.4 Å². The highest BCUT2D eigenvalue weighted by molar-refractivity contribution is 6.36. The fourth-order valence-electron chi connectivity index (χ4n) is 3.08. The van der Waals surface area contributed by atoms with Gasteiger partial charge in [0.2, 0.25) is 5.91 Å². The summed E-state index contributed by atoms with van der Waals surface area (Å²) in [6, 6.07) is 13.0. The molecule has 0 aliphatic rings. The van der Waals surface area contributed by atoms with Crippen LogP contribution in [0, 0.1) is 0 Å². The molecule has 7 nitrogen and oxygen atoms in total. The van der Waals surface area contributed by atoms with Gasteiger partial charge in [-0.15, -0.1) is 0 Å². The van der Waals surface area contributed by atoms with Crippen molar-refractivity contribution in [2.45, 2.75) is 13.8 Å². The fraction of sp³-hybridized carbons (Fsp3) is 0.143. The second-order valence-electron chi connectivity index (χ2n) is 6.29. The smallest absolute Gasteiger partial charge is 0.308 e. The number of carbonyl (C=O) groups excluding carboxylic acids is 3. The number of halogens is 1. The molecule has 0 aliphatic carbocycles. The predicted molar refractivity (Wildman–Crippen MR) is 109 cm³/mol. The van der Waals surface area contributed by atoms with E-state index in [1.807, 2.05) is 0 Å². The van der Waals surface area contributed by atoms with E-state index in [2.05, 4.69) is 0 Å². The van der Waals surface area contributed by atoms with Gasteiger partial charge in [0.25, 0.3) is 11.5 Å². The molecule has 0 bridgehead atoms. The summed E-state index contributed by atoms with van der Waals surface area (Å²) in [6.07, 6.45) is 0. The Hall–Kier alpha value is -3.45. The van der Waals surface area contributed by atoms with Crippen molar-refractivity contribution in [2.24, 2.45) is 7.05 Å². The summed E-state index contributed by atoms with van der Waals surface area (Å²) >= 11 is 6.31. The number of hydrogen-bond donors (Lipinski definition) is 0. The Morgan fingerprint density at radius 3 is 2.24 bits per heavy atom. The molecule has 0 saturated heterocycles. The summed E-state index contributed by atoms with van der Waals surface area (Å²) in [5.41, 5.74) is -0.518. The Bertz CT molecular complexity index is 1200. The van der Waals surface area contributed by atoms with E-state index in [4.69, 9.17) is 16.3 Å². The predicted octanol–water partition coefficient (Wildman–Crippen LogP) is 3.31. The van der Waals surface area contributed by atoms with Crippen molar-refractivity contribution in [2.75, 3.05) is 4.90 Å². The molecule has 2 amide bonds. The Balaban J connectivity index is 2.38. The lowest BCUT2D eigenvalue weighted by molar-refractivity contribution is -0.131. The number of esters is 1. The Kier molecular flexibility index (Phi) is 5.52. The van der Waals surface area contributed by atoms with Crippen LogP contribution in [0.1, 0.15) is 24.2 Å². The van der Waals surface area contributed by atoms with Gasteiger partial charge in [-0.3, -0.25) is 19.2 Å². The number of benzene rings is 2. The van der Waals surface area contributed by atoms with E-state index in [-0.39, 0.29) is 21.8 Å². The van der Waals surface area contributed by atoms with Crippen LogP contribution in [0.25, 0.3) is 10.9 Å². The van der Waals surface area contributed by atoms with Crippen LogP contribution in [0.5, 0.6) is 5.75 Å². The maximum Gasteiger partial charge on any atom is 0.308 e. The third-order valence-electron chi connectivity index (χ3n) is 4.32. The molecule has 0 unspecified atom stereocenters. The minimum absolute atomic E-state index is 0.192. The SMILES string of the molecule is CC(=O)Oc1c(C(=O)N(C(C)=O)c2ccccc2)c(=O)n(C)c2cccc(Cl)c12. The normalized spacial score (nSPS) is 10.6. The largest absolute Gasteiger partial charge is 0.425 e. The van der Waals surface area contributed by atoms with Crippen molar-refractivity contribution in [1.82, 2.24) is 4.57 Å². The van der Waals surface area contributed by atoms with Gasteiger partial charge in [-0.25, -0.2) is 4.90 Å². The third kappa shape index (κ3) is 3.64. The molecule has 3 aromatic rings. The van der Waals surface area contributed by atoms with Crippen molar-refractivity contribution in [3.63, 3.8) is 0 Å². The highest BCUT2D eigenvalue weighted by Crippen LogP contribution is 2.34. The third-order valence-corrected chi connectivity index (χ3v) is 4.63. The lowest BCUT2D eigenvalue weighted by atomic mass is 10.1. The molecule has 148 valence electrons. The molecule has 1 heterocycles. The average Bonchev–Trinajstić information content (AvgIpc) is 2.66. The van der Waals surface area contributed by atoms with Gasteiger partial charge in [0.1, 0.15) is 5.56 Å². The molecule has 0 atom stereocenters. The first-order valence-corrected chi connectivity index (χ1v) is 9.01. The molecule has 0 saturated carbocycles. The number of rotatable bonds is 3. The maximum atomic E-state index is 13.4. The van der Waals surface area contributed by atoms with Crippen LogP contribution in [0.3, 0.4) is 0 Å². The summed E-state index contributed by atoms with van der Waals surface area (Å²) in [5, 5.41) is 0.420. The van der Waals surface area contributed by atoms with Crippen molar-refractivity contribution >= 4 is 46.0 Å². The van der Waals surface area contributed by atoms with Gasteiger partial charge >= 0.3 is 5.97 Å². The van der Waals surface area contributed by atoms with E-state index < -0.39 is 28.9 Å². The molecule has 1 aromatic heterocycles. The Labute approximate surface area is 171 Å². The summed E-state index contributed by atoms with van der Waals surface area (Å²) in [7, 11) is 1.47. The molecule has 0 N–H and O–H groups in total. The van der Waals surface area contributed by atoms with Crippen LogP contribution >= 0.6 is 11.6 Å². The number of pyridine rings is 1. The number of carbonyl (C=O) groups is 3. The fourth-order valence-corrected chi connectivity index (χ4v) is 3.34. The first-order valence-electron chi connectivity index (χ1n) is 8.63. The highest BCUT2D eigenvalue weighted by atomic mass is 35.5. The van der Waals surface area contributed by atoms with Crippen LogP contribution in [0.2, 0.25) is 5.02 Å². The minimum Gasteiger partial charge on any atom is -0.425 e. The minimum atomic E-state index is -0.914. The van der Waals surface area contributed by atoms with Gasteiger partial charge in [0.15, 0.2) is 5.75 Å². The number of para-hydroxylation sites is 1. The summed E-state index contributed by atoms with van der Waals surface area (Å²) in [5.74, 6) is -2.52. The van der Waals surface area contributed by atoms with Crippen molar-refractivity contribution in [1.29, 1.82) is 0 Å². The molecule has 0 aliphatic heterocycles. The lowest BCUT2D eigenvalue weighted by Crippen LogP contribution is -2.40. The summed E-state index contributed by atoms with van der Waals surface area (Å²) in [4.78, 5) is 51.3. The highest BCUT2D eigenvalue weighted by Gasteiger charge is 2.31. The number of ether oxygens (including phenoxy) is 1. The lowest BCUT2D eigenvalue weighted by Gasteiger charge is -2.21. The van der Waals surface area contributed by atoms with Crippen LogP contribution in [0.15, 0.2) is 53.3 Å². The van der Waals surface area contributed by atoms with Gasteiger partial charge in [0, 0.05) is 20.9 Å².